The van der Waals surface area contributed by atoms with Crippen LogP contribution in [0.3, 0.4) is 0 Å². The first-order valence-corrected chi connectivity index (χ1v) is 1.49. The van der Waals surface area contributed by atoms with Gasteiger partial charge in [-0.25, -0.2) is 0 Å². The zero-order chi connectivity index (χ0) is 2.00. The summed E-state index contributed by atoms with van der Waals surface area (Å²) in [6.07, 6.45) is 0. The molecule has 0 fully saturated rings. The van der Waals surface area contributed by atoms with Gasteiger partial charge in [-0.3, -0.25) is 0 Å². The van der Waals surface area contributed by atoms with E-state index in [-0.39, 0.29) is 173 Å². The average Bonchev–Trinajstić information content (AvgIpc) is 1.00. The summed E-state index contributed by atoms with van der Waals surface area (Å²) in [5, 5.41) is 0. The molecule has 0 aromatic heterocycles. The molecule has 0 aromatic rings. The smallest absolute Gasteiger partial charge is 0 e. The number of rotatable bonds is 0. The molecule has 2 nitrogen and oxygen atoms in total. The van der Waals surface area contributed by atoms with Gasteiger partial charge in [0.15, 0.2) is 0 Å². The largest absolute Gasteiger partial charge is 0 e. The van der Waals surface area contributed by atoms with Gasteiger partial charge >= 0.3 is 91.6 Å². The summed E-state index contributed by atoms with van der Waals surface area (Å²) in [5.74, 6) is 0. The van der Waals surface area contributed by atoms with Crippen LogP contribution in [0.1, 0.15) is 4.28 Å². The fourth-order valence-electron chi connectivity index (χ4n) is 0. The van der Waals surface area contributed by atoms with E-state index in [9.17, 15) is 0 Å². The molecule has 0 spiro atoms. The predicted molar refractivity (Wildman–Crippen MR) is 13.4 cm³/mol. The molecule has 2 N–H and O–H groups in total. The Morgan fingerprint density at radius 2 is 1.25 bits per heavy atom. The van der Waals surface area contributed by atoms with Crippen molar-refractivity contribution in [1.29, 1.82) is 0 Å². The summed E-state index contributed by atoms with van der Waals surface area (Å²) in [6, 6.07) is 0. The molecule has 0 amide bonds. The Morgan fingerprint density at radius 3 is 1.25 bits per heavy atom. The van der Waals surface area contributed by atoms with E-state index in [1.807, 2.05) is 0 Å². The molecule has 0 atom stereocenters. The third-order valence-corrected chi connectivity index (χ3v) is 0. The van der Waals surface area contributed by atoms with Crippen LogP contribution in [0.2, 0.25) is 0 Å². The topological polar surface area (TPSA) is 48.6 Å². The SMILES string of the molecule is O.[Ca+2].[H-].[H-].[H-].[Na+].[Nb].[O]=[Ta].[Ti].[U]. The van der Waals surface area contributed by atoms with E-state index in [1.165, 1.54) is 0 Å². The van der Waals surface area contributed by atoms with Crippen LogP contribution in [0.4, 0.5) is 0 Å². The normalized spacial score (nSPS) is 0.375. The van der Waals surface area contributed by atoms with E-state index in [4.69, 9.17) is 3.25 Å². The fourth-order valence-corrected chi connectivity index (χ4v) is 0. The standard InChI is InChI=1S/Ca.Na.Nb.H2O.O.Ta.Ti.U.3H/h;;;1H2;;;;;;;/q+2;+1;;;;;;;3*-1. The summed E-state index contributed by atoms with van der Waals surface area (Å²) in [4.78, 5) is 0. The summed E-state index contributed by atoms with van der Waals surface area (Å²) < 4.78 is 8.36. The maximum atomic E-state index is 8.36. The van der Waals surface area contributed by atoms with Crippen molar-refractivity contribution >= 4 is 37.7 Å². The fraction of sp³-hybridized carbons (Fsp3) is 0. The summed E-state index contributed by atoms with van der Waals surface area (Å²) in [5.41, 5.74) is 0. The van der Waals surface area contributed by atoms with Crippen molar-refractivity contribution in [2.75, 3.05) is 0 Å². The van der Waals surface area contributed by atoms with Crippen LogP contribution < -0.4 is 29.6 Å². The summed E-state index contributed by atoms with van der Waals surface area (Å²) in [6.45, 7) is 0. The minimum absolute atomic E-state index is 0. The average molecular weight is 660 g/mol. The van der Waals surface area contributed by atoms with Crippen molar-refractivity contribution in [3.63, 3.8) is 0 Å². The number of hydrogen-bond acceptors (Lipinski definition) is 1. The van der Waals surface area contributed by atoms with Gasteiger partial charge in [-0.15, -0.1) is 0 Å². The molecular formula is H5CaNaNbO2TaTiU. The van der Waals surface area contributed by atoms with Crippen molar-refractivity contribution < 1.29 is 139 Å². The molecule has 0 aliphatic carbocycles. The van der Waals surface area contributed by atoms with Gasteiger partial charge in [0.2, 0.25) is 0 Å². The van der Waals surface area contributed by atoms with Crippen molar-refractivity contribution in [3.05, 3.63) is 0 Å². The minimum Gasteiger partial charge on any atom is 0 e. The first kappa shape index (κ1) is 50.8. The van der Waals surface area contributed by atoms with Gasteiger partial charge in [-0.05, 0) is 0 Å². The molecule has 0 saturated heterocycles. The van der Waals surface area contributed by atoms with Crippen LogP contribution >= 0.6 is 0 Å². The van der Waals surface area contributed by atoms with Crippen molar-refractivity contribution in [1.82, 2.24) is 0 Å². The zero-order valence-electron chi connectivity index (χ0n) is 7.51. The van der Waals surface area contributed by atoms with Gasteiger partial charge in [0.25, 0.3) is 0 Å². The van der Waals surface area contributed by atoms with Gasteiger partial charge in [0.1, 0.15) is 0 Å². The second kappa shape index (κ2) is 56.1. The molecule has 0 saturated carbocycles. The van der Waals surface area contributed by atoms with Crippen LogP contribution in [0.5, 0.6) is 0 Å². The van der Waals surface area contributed by atoms with E-state index in [0.717, 1.165) is 0 Å². The Morgan fingerprint density at radius 1 is 1.25 bits per heavy atom. The third kappa shape index (κ3) is 42.8. The molecule has 1 radical (unpaired) electrons. The minimum atomic E-state index is 0. The molecule has 0 bridgehead atoms. The van der Waals surface area contributed by atoms with Crippen LogP contribution in [0, 0.1) is 31.1 Å². The monoisotopic (exact) mass is 660 g/mol. The van der Waals surface area contributed by atoms with E-state index in [1.54, 1.807) is 0 Å². The predicted octanol–water partition coefficient (Wildman–Crippen LogP) is -3.99. The molecule has 0 heterocycles. The molecule has 0 aliphatic heterocycles. The molecule has 0 rings (SSSR count). The zero-order valence-corrected chi connectivity index (χ0v) is 19.9. The molecule has 0 unspecified atom stereocenters. The molecular weight excluding hydrogens is 655 g/mol. The molecule has 0 aliphatic rings. The maximum absolute atomic E-state index is 8.36. The van der Waals surface area contributed by atoms with E-state index in [2.05, 4.69) is 0 Å². The van der Waals surface area contributed by atoms with Gasteiger partial charge in [-0.1, -0.05) is 0 Å². The van der Waals surface area contributed by atoms with Crippen molar-refractivity contribution in [2.45, 2.75) is 0 Å². The van der Waals surface area contributed by atoms with Crippen molar-refractivity contribution in [2.24, 2.45) is 0 Å². The summed E-state index contributed by atoms with van der Waals surface area (Å²) >= 11 is 0.194. The molecule has 0 aromatic carbocycles. The first-order valence-electron chi connectivity index (χ1n) is 0.183. The van der Waals surface area contributed by atoms with Crippen LogP contribution in [-0.2, 0) is 68.4 Å². The Hall–Kier alpha value is 5.27. The Bertz CT molecular complexity index is 31.3. The van der Waals surface area contributed by atoms with Crippen molar-refractivity contribution in [3.8, 4) is 0 Å². The van der Waals surface area contributed by atoms with E-state index in [0.29, 0.717) is 0 Å². The van der Waals surface area contributed by atoms with Gasteiger partial charge in [0, 0.05) is 75.2 Å². The van der Waals surface area contributed by atoms with E-state index < -0.39 is 0 Å². The quantitative estimate of drug-likeness (QED) is 0.245. The van der Waals surface area contributed by atoms with Gasteiger partial charge in [0.05, 0.1) is 0 Å². The molecule has 38 valence electrons. The van der Waals surface area contributed by atoms with Gasteiger partial charge in [-0.2, -0.15) is 0 Å². The van der Waals surface area contributed by atoms with Gasteiger partial charge < -0.3 is 9.76 Å². The van der Waals surface area contributed by atoms with E-state index >= 15 is 0 Å². The number of hydrogen-bond donors (Lipinski definition) is 0. The Labute approximate surface area is 172 Å². The van der Waals surface area contributed by atoms with Crippen LogP contribution in [0.25, 0.3) is 0 Å². The second-order valence-corrected chi connectivity index (χ2v) is 0. The molecule has 8 heavy (non-hydrogen) atoms. The second-order valence-electron chi connectivity index (χ2n) is 0. The third-order valence-electron chi connectivity index (χ3n) is 0. The first-order chi connectivity index (χ1) is 1.00. The Kier molecular flexibility index (Phi) is 357. The molecule has 8 heteroatoms. The Balaban J connectivity index is -0.000000000139. The maximum Gasteiger partial charge on any atom is 0 e. The summed E-state index contributed by atoms with van der Waals surface area (Å²) in [7, 11) is 0. The van der Waals surface area contributed by atoms with Crippen LogP contribution in [-0.4, -0.2) is 43.2 Å². The van der Waals surface area contributed by atoms with Crippen LogP contribution in [0.15, 0.2) is 0 Å².